The van der Waals surface area contributed by atoms with Gasteiger partial charge in [-0.2, -0.15) is 15.0 Å². The third kappa shape index (κ3) is 1.83. The summed E-state index contributed by atoms with van der Waals surface area (Å²) in [6.45, 7) is 7.16. The number of aromatic nitrogens is 3. The number of hydrogen-bond donors (Lipinski definition) is 0. The molecule has 1 rings (SSSR count). The molecule has 3 heteroatoms. The van der Waals surface area contributed by atoms with Gasteiger partial charge in [0.15, 0.2) is 0 Å². The van der Waals surface area contributed by atoms with Crippen molar-refractivity contribution >= 4 is 0 Å². The molecule has 0 aliphatic rings. The maximum absolute atomic E-state index is 4.16. The highest BCUT2D eigenvalue weighted by molar-refractivity contribution is 4.84. The van der Waals surface area contributed by atoms with Crippen molar-refractivity contribution in [2.45, 2.75) is 27.3 Å². The monoisotopic (exact) mass is 139 g/mol. The van der Waals surface area contributed by atoms with E-state index in [0.717, 1.165) is 12.2 Å². The number of nitrogens with zero attached hydrogens (tertiary/aromatic N) is 3. The largest absolute Gasteiger partial charge is 0.184 e. The maximum atomic E-state index is 4.16. The molecule has 0 aromatic carbocycles. The van der Waals surface area contributed by atoms with E-state index in [9.17, 15) is 0 Å². The van der Waals surface area contributed by atoms with Crippen molar-refractivity contribution in [1.29, 1.82) is 0 Å². The molecule has 1 heterocycles. The van der Waals surface area contributed by atoms with Crippen LogP contribution in [0.1, 0.15) is 19.5 Å². The molecule has 1 aromatic heterocycles. The van der Waals surface area contributed by atoms with E-state index in [1.54, 1.807) is 11.0 Å². The van der Waals surface area contributed by atoms with Crippen molar-refractivity contribution < 1.29 is 0 Å². The van der Waals surface area contributed by atoms with E-state index in [1.807, 2.05) is 6.92 Å². The van der Waals surface area contributed by atoms with Crippen LogP contribution in [-0.4, -0.2) is 15.0 Å². The van der Waals surface area contributed by atoms with Gasteiger partial charge in [0, 0.05) is 0 Å². The van der Waals surface area contributed by atoms with Gasteiger partial charge < -0.3 is 0 Å². The lowest BCUT2D eigenvalue weighted by Gasteiger charge is -2.01. The predicted molar refractivity (Wildman–Crippen MR) is 39.6 cm³/mol. The van der Waals surface area contributed by atoms with Gasteiger partial charge in [0.25, 0.3) is 0 Å². The molecule has 0 saturated heterocycles. The van der Waals surface area contributed by atoms with E-state index in [-0.39, 0.29) is 0 Å². The second-order valence-corrected chi connectivity index (χ2v) is 2.93. The molecule has 0 amide bonds. The van der Waals surface area contributed by atoms with E-state index in [1.165, 1.54) is 0 Å². The molecule has 0 aliphatic carbocycles. The van der Waals surface area contributed by atoms with Gasteiger partial charge in [-0.05, 0) is 12.8 Å². The average molecular weight is 139 g/mol. The van der Waals surface area contributed by atoms with E-state index in [0.29, 0.717) is 5.92 Å². The summed E-state index contributed by atoms with van der Waals surface area (Å²) in [6, 6.07) is 0. The van der Waals surface area contributed by atoms with Crippen LogP contribution in [0.2, 0.25) is 0 Å². The first-order chi connectivity index (χ1) is 4.68. The van der Waals surface area contributed by atoms with Gasteiger partial charge in [0.05, 0.1) is 18.4 Å². The predicted octanol–water partition coefficient (Wildman–Crippen LogP) is 1.24. The third-order valence-corrected chi connectivity index (χ3v) is 1.18. The standard InChI is InChI=1S/C7H13N3/c1-6(2)5-10-8-4-7(3)9-10/h4,6H,5H2,1-3H3. The molecule has 0 bridgehead atoms. The van der Waals surface area contributed by atoms with E-state index in [4.69, 9.17) is 0 Å². The number of rotatable bonds is 2. The summed E-state index contributed by atoms with van der Waals surface area (Å²) in [4.78, 5) is 1.74. The fourth-order valence-electron chi connectivity index (χ4n) is 0.798. The summed E-state index contributed by atoms with van der Waals surface area (Å²) < 4.78 is 0. The first-order valence-corrected chi connectivity index (χ1v) is 3.55. The topological polar surface area (TPSA) is 30.7 Å². The summed E-state index contributed by atoms with van der Waals surface area (Å²) >= 11 is 0. The van der Waals surface area contributed by atoms with Gasteiger partial charge in [-0.25, -0.2) is 0 Å². The Hall–Kier alpha value is -0.860. The molecule has 0 atom stereocenters. The van der Waals surface area contributed by atoms with E-state index in [2.05, 4.69) is 24.0 Å². The van der Waals surface area contributed by atoms with Crippen molar-refractivity contribution in [2.24, 2.45) is 5.92 Å². The van der Waals surface area contributed by atoms with Crippen LogP contribution in [0.15, 0.2) is 6.20 Å². The first kappa shape index (κ1) is 7.25. The van der Waals surface area contributed by atoms with Gasteiger partial charge >= 0.3 is 0 Å². The lowest BCUT2D eigenvalue weighted by molar-refractivity contribution is 0.436. The zero-order valence-electron chi connectivity index (χ0n) is 6.70. The zero-order chi connectivity index (χ0) is 7.56. The van der Waals surface area contributed by atoms with E-state index >= 15 is 0 Å². The van der Waals surface area contributed by atoms with Gasteiger partial charge in [0.2, 0.25) is 0 Å². The molecule has 0 radical (unpaired) electrons. The first-order valence-electron chi connectivity index (χ1n) is 3.55. The van der Waals surface area contributed by atoms with Gasteiger partial charge in [-0.3, -0.25) is 0 Å². The highest BCUT2D eigenvalue weighted by atomic mass is 15.5. The lowest BCUT2D eigenvalue weighted by Crippen LogP contribution is -2.07. The van der Waals surface area contributed by atoms with Crippen LogP contribution in [0, 0.1) is 12.8 Å². The molecule has 0 fully saturated rings. The van der Waals surface area contributed by atoms with Gasteiger partial charge in [-0.1, -0.05) is 13.8 Å². The Morgan fingerprint density at radius 1 is 1.60 bits per heavy atom. The normalized spacial score (nSPS) is 10.8. The second kappa shape index (κ2) is 2.82. The third-order valence-electron chi connectivity index (χ3n) is 1.18. The average Bonchev–Trinajstić information content (AvgIpc) is 2.13. The van der Waals surface area contributed by atoms with Crippen molar-refractivity contribution in [1.82, 2.24) is 15.0 Å². The number of hydrogen-bond acceptors (Lipinski definition) is 2. The summed E-state index contributed by atoms with van der Waals surface area (Å²) in [5, 5.41) is 8.22. The Balaban J connectivity index is 2.58. The minimum Gasteiger partial charge on any atom is -0.184 e. The maximum Gasteiger partial charge on any atom is 0.0796 e. The molecule has 0 N–H and O–H groups in total. The van der Waals surface area contributed by atoms with E-state index < -0.39 is 0 Å². The van der Waals surface area contributed by atoms with Crippen LogP contribution >= 0.6 is 0 Å². The molecule has 10 heavy (non-hydrogen) atoms. The molecule has 0 unspecified atom stereocenters. The molecule has 56 valence electrons. The van der Waals surface area contributed by atoms with Crippen LogP contribution in [-0.2, 0) is 6.54 Å². The van der Waals surface area contributed by atoms with Crippen LogP contribution in [0.25, 0.3) is 0 Å². The van der Waals surface area contributed by atoms with Crippen LogP contribution in [0.5, 0.6) is 0 Å². The minimum absolute atomic E-state index is 0.617. The Bertz CT molecular complexity index is 202. The summed E-state index contributed by atoms with van der Waals surface area (Å²) in [5.74, 6) is 0.617. The second-order valence-electron chi connectivity index (χ2n) is 2.93. The molecule has 0 saturated carbocycles. The Morgan fingerprint density at radius 3 is 2.70 bits per heavy atom. The van der Waals surface area contributed by atoms with Crippen molar-refractivity contribution in [3.63, 3.8) is 0 Å². The van der Waals surface area contributed by atoms with Crippen molar-refractivity contribution in [3.8, 4) is 0 Å². The molecule has 3 nitrogen and oxygen atoms in total. The Morgan fingerprint density at radius 2 is 2.30 bits per heavy atom. The van der Waals surface area contributed by atoms with Crippen molar-refractivity contribution in [3.05, 3.63) is 11.9 Å². The molecular weight excluding hydrogens is 126 g/mol. The molecular formula is C7H13N3. The highest BCUT2D eigenvalue weighted by Crippen LogP contribution is 1.95. The molecule has 0 spiro atoms. The summed E-state index contributed by atoms with van der Waals surface area (Å²) in [6.07, 6.45) is 1.78. The minimum atomic E-state index is 0.617. The summed E-state index contributed by atoms with van der Waals surface area (Å²) in [5.41, 5.74) is 0.987. The number of aryl methyl sites for hydroxylation is 1. The summed E-state index contributed by atoms with van der Waals surface area (Å²) in [7, 11) is 0. The quantitative estimate of drug-likeness (QED) is 0.617. The van der Waals surface area contributed by atoms with Crippen LogP contribution in [0.4, 0.5) is 0 Å². The Kier molecular flexibility index (Phi) is 2.04. The lowest BCUT2D eigenvalue weighted by atomic mass is 10.2. The smallest absolute Gasteiger partial charge is 0.0796 e. The fourth-order valence-corrected chi connectivity index (χ4v) is 0.798. The Labute approximate surface area is 61.1 Å². The van der Waals surface area contributed by atoms with Gasteiger partial charge in [0.1, 0.15) is 0 Å². The SMILES string of the molecule is Cc1cnn(CC(C)C)n1. The zero-order valence-corrected chi connectivity index (χ0v) is 6.70. The molecule has 1 aromatic rings. The molecule has 0 aliphatic heterocycles. The van der Waals surface area contributed by atoms with Crippen LogP contribution < -0.4 is 0 Å². The van der Waals surface area contributed by atoms with Gasteiger partial charge in [-0.15, -0.1) is 0 Å². The van der Waals surface area contributed by atoms with Crippen molar-refractivity contribution in [2.75, 3.05) is 0 Å². The highest BCUT2D eigenvalue weighted by Gasteiger charge is 1.97. The fraction of sp³-hybridized carbons (Fsp3) is 0.714. The van der Waals surface area contributed by atoms with Crippen LogP contribution in [0.3, 0.4) is 0 Å².